The Balaban J connectivity index is 0.000000180. The van der Waals surface area contributed by atoms with Crippen LogP contribution >= 0.6 is 0 Å². The minimum absolute atomic E-state index is 0.0878. The first kappa shape index (κ1) is 58.7. The van der Waals surface area contributed by atoms with Crippen molar-refractivity contribution in [1.82, 2.24) is 0 Å². The molecule has 9 aromatic carbocycles. The summed E-state index contributed by atoms with van der Waals surface area (Å²) in [5, 5.41) is 0. The van der Waals surface area contributed by atoms with Crippen LogP contribution in [0.25, 0.3) is 0 Å². The SMILES string of the molecule is COc1ccc(C(C)(C)c2ccc(Oc3ccc(S(=O)(=O)c4ccc(C)cc4)cc3)cc2)cc1.COc1ccc(S(=O)(=O)c2ccc(C)cc2)cc1.Cc1ccc(S(=O)(=O)c2ccc(Oc3ccc(C(C)(C)C)cc3)cc2)cc1. The van der Waals surface area contributed by atoms with Gasteiger partial charge in [-0.2, -0.15) is 0 Å². The summed E-state index contributed by atoms with van der Waals surface area (Å²) in [4.78, 5) is 1.63. The number of methoxy groups -OCH3 is 2. The van der Waals surface area contributed by atoms with E-state index in [-0.39, 0.29) is 30.4 Å². The minimum atomic E-state index is -3.56. The van der Waals surface area contributed by atoms with Crippen LogP contribution in [0.2, 0.25) is 0 Å². The molecule has 10 nitrogen and oxygen atoms in total. The van der Waals surface area contributed by atoms with Crippen LogP contribution in [0, 0.1) is 20.8 Å². The van der Waals surface area contributed by atoms with E-state index in [0.717, 1.165) is 33.8 Å². The van der Waals surface area contributed by atoms with Crippen LogP contribution in [0.3, 0.4) is 0 Å². The average Bonchev–Trinajstić information content (AvgIpc) is 3.47. The van der Waals surface area contributed by atoms with E-state index in [1.54, 1.807) is 160 Å². The average molecular weight is 1120 g/mol. The van der Waals surface area contributed by atoms with Crippen LogP contribution in [0.15, 0.2) is 248 Å². The molecular formula is C66H66O10S3. The number of hydrogen-bond donors (Lipinski definition) is 0. The molecule has 0 heterocycles. The molecule has 0 saturated carbocycles. The van der Waals surface area contributed by atoms with E-state index in [1.165, 1.54) is 11.1 Å². The molecule has 0 fully saturated rings. The molecule has 0 unspecified atom stereocenters. The Bertz CT molecular complexity index is 3780. The predicted octanol–water partition coefficient (Wildman–Crippen LogP) is 15.7. The number of benzene rings is 9. The maximum Gasteiger partial charge on any atom is 0.206 e. The first-order chi connectivity index (χ1) is 37.4. The third-order valence-corrected chi connectivity index (χ3v) is 18.6. The van der Waals surface area contributed by atoms with Crippen LogP contribution in [-0.4, -0.2) is 39.5 Å². The molecule has 0 aliphatic carbocycles. The van der Waals surface area contributed by atoms with E-state index in [1.807, 2.05) is 69.3 Å². The molecule has 0 spiro atoms. The highest BCUT2D eigenvalue weighted by molar-refractivity contribution is 7.92. The summed E-state index contributed by atoms with van der Waals surface area (Å²) in [5.74, 6) is 4.05. The van der Waals surface area contributed by atoms with Gasteiger partial charge in [0.1, 0.15) is 34.5 Å². The van der Waals surface area contributed by atoms with Gasteiger partial charge in [-0.1, -0.05) is 124 Å². The Morgan fingerprint density at radius 3 is 0.684 bits per heavy atom. The van der Waals surface area contributed by atoms with Crippen molar-refractivity contribution in [3.63, 3.8) is 0 Å². The highest BCUT2D eigenvalue weighted by Gasteiger charge is 2.24. The van der Waals surface area contributed by atoms with Crippen molar-refractivity contribution in [3.8, 4) is 34.5 Å². The normalized spacial score (nSPS) is 11.7. The monoisotopic (exact) mass is 1110 g/mol. The zero-order valence-corrected chi connectivity index (χ0v) is 48.5. The Kier molecular flexibility index (Phi) is 18.4. The van der Waals surface area contributed by atoms with E-state index in [2.05, 4.69) is 58.9 Å². The summed E-state index contributed by atoms with van der Waals surface area (Å²) < 4.78 is 97.8. The van der Waals surface area contributed by atoms with E-state index in [9.17, 15) is 25.3 Å². The third kappa shape index (κ3) is 14.8. The molecule has 0 saturated heterocycles. The molecule has 408 valence electrons. The Labute approximate surface area is 467 Å². The summed E-state index contributed by atoms with van der Waals surface area (Å²) in [6.07, 6.45) is 0. The highest BCUT2D eigenvalue weighted by Crippen LogP contribution is 2.35. The van der Waals surface area contributed by atoms with Crippen molar-refractivity contribution in [1.29, 1.82) is 0 Å². The first-order valence-electron chi connectivity index (χ1n) is 25.4. The lowest BCUT2D eigenvalue weighted by molar-refractivity contribution is 0.414. The van der Waals surface area contributed by atoms with Gasteiger partial charge in [0.05, 0.1) is 43.6 Å². The lowest BCUT2D eigenvalue weighted by atomic mass is 9.78. The van der Waals surface area contributed by atoms with Gasteiger partial charge in [0, 0.05) is 5.41 Å². The second kappa shape index (κ2) is 24.8. The van der Waals surface area contributed by atoms with Crippen LogP contribution < -0.4 is 18.9 Å². The molecule has 79 heavy (non-hydrogen) atoms. The van der Waals surface area contributed by atoms with E-state index in [4.69, 9.17) is 18.9 Å². The van der Waals surface area contributed by atoms with Crippen LogP contribution in [-0.2, 0) is 40.3 Å². The number of hydrogen-bond acceptors (Lipinski definition) is 10. The summed E-state index contributed by atoms with van der Waals surface area (Å²) in [7, 11) is -7.31. The third-order valence-electron chi connectivity index (χ3n) is 13.2. The van der Waals surface area contributed by atoms with E-state index in [0.29, 0.717) is 32.8 Å². The van der Waals surface area contributed by atoms with Crippen LogP contribution in [0.4, 0.5) is 0 Å². The van der Waals surface area contributed by atoms with Gasteiger partial charge in [-0.15, -0.1) is 0 Å². The summed E-state index contributed by atoms with van der Waals surface area (Å²) in [6.45, 7) is 16.6. The van der Waals surface area contributed by atoms with Gasteiger partial charge in [-0.05, 0) is 188 Å². The van der Waals surface area contributed by atoms with Gasteiger partial charge in [0.2, 0.25) is 29.5 Å². The standard InChI is InChI=1S/C29H28O4S.C23H24O3S.C14H14O3S/c1-21-5-17-27(18-6-21)34(30,31)28-19-15-26(16-20-28)33-25-13-9-23(10-14-25)29(2,3)22-7-11-24(32-4)12-8-22;1-17-5-13-21(14-6-17)27(24,25)22-15-11-20(12-16-22)26-19-9-7-18(8-10-19)23(2,3)4;1-11-3-7-13(8-4-11)18(15,16)14-9-5-12(17-2)6-10-14/h5-20H,1-4H3;5-16H,1-4H3;3-10H,1-2H3. The molecule has 0 amide bonds. The second-order valence-corrected chi connectivity index (χ2v) is 26.3. The highest BCUT2D eigenvalue weighted by atomic mass is 32.2. The van der Waals surface area contributed by atoms with Crippen molar-refractivity contribution in [3.05, 3.63) is 252 Å². The number of aryl methyl sites for hydroxylation is 3. The van der Waals surface area contributed by atoms with Gasteiger partial charge in [0.25, 0.3) is 0 Å². The minimum Gasteiger partial charge on any atom is -0.497 e. The Morgan fingerprint density at radius 2 is 0.456 bits per heavy atom. The number of ether oxygens (including phenoxy) is 4. The molecule has 0 bridgehead atoms. The van der Waals surface area contributed by atoms with Gasteiger partial charge < -0.3 is 18.9 Å². The van der Waals surface area contributed by atoms with Crippen molar-refractivity contribution < 1.29 is 44.2 Å². The molecule has 0 atom stereocenters. The number of rotatable bonds is 14. The molecule has 13 heteroatoms. The van der Waals surface area contributed by atoms with Crippen molar-refractivity contribution in [2.45, 2.75) is 95.6 Å². The topological polar surface area (TPSA) is 139 Å². The summed E-state index contributed by atoms with van der Waals surface area (Å²) in [5.41, 5.74) is 6.55. The van der Waals surface area contributed by atoms with Gasteiger partial charge in [-0.3, -0.25) is 0 Å². The molecule has 0 radical (unpaired) electrons. The molecule has 9 aromatic rings. The molecule has 0 N–H and O–H groups in total. The van der Waals surface area contributed by atoms with Crippen molar-refractivity contribution >= 4 is 29.5 Å². The maximum atomic E-state index is 12.9. The Morgan fingerprint density at radius 1 is 0.266 bits per heavy atom. The van der Waals surface area contributed by atoms with Crippen molar-refractivity contribution in [2.75, 3.05) is 14.2 Å². The van der Waals surface area contributed by atoms with Gasteiger partial charge in [-0.25, -0.2) is 25.3 Å². The molecule has 0 aliphatic rings. The predicted molar refractivity (Wildman–Crippen MR) is 313 cm³/mol. The van der Waals surface area contributed by atoms with E-state index >= 15 is 0 Å². The number of sulfone groups is 3. The summed E-state index contributed by atoms with van der Waals surface area (Å²) in [6, 6.07) is 63.9. The van der Waals surface area contributed by atoms with Gasteiger partial charge >= 0.3 is 0 Å². The smallest absolute Gasteiger partial charge is 0.206 e. The fraction of sp³-hybridized carbons (Fsp3) is 0.182. The zero-order valence-electron chi connectivity index (χ0n) is 46.1. The molecule has 9 rings (SSSR count). The lowest BCUT2D eigenvalue weighted by Gasteiger charge is -2.26. The van der Waals surface area contributed by atoms with Crippen LogP contribution in [0.5, 0.6) is 34.5 Å². The lowest BCUT2D eigenvalue weighted by Crippen LogP contribution is -2.18. The zero-order chi connectivity index (χ0) is 57.2. The fourth-order valence-electron chi connectivity index (χ4n) is 8.10. The second-order valence-electron chi connectivity index (χ2n) is 20.4. The first-order valence-corrected chi connectivity index (χ1v) is 29.9. The largest absolute Gasteiger partial charge is 0.497 e. The molecule has 0 aliphatic heterocycles. The quantitative estimate of drug-likeness (QED) is 0.103. The maximum absolute atomic E-state index is 12.9. The van der Waals surface area contributed by atoms with Crippen molar-refractivity contribution in [2.24, 2.45) is 0 Å². The van der Waals surface area contributed by atoms with Gasteiger partial charge in [0.15, 0.2) is 0 Å². The van der Waals surface area contributed by atoms with E-state index < -0.39 is 29.5 Å². The van der Waals surface area contributed by atoms with Crippen LogP contribution in [0.1, 0.15) is 68.0 Å². The fourth-order valence-corrected chi connectivity index (χ4v) is 11.9. The summed E-state index contributed by atoms with van der Waals surface area (Å²) >= 11 is 0. The Hall–Kier alpha value is -7.97. The molecule has 0 aromatic heterocycles. The molecular weight excluding hydrogens is 1050 g/mol.